The largest absolute Gasteiger partial charge is 0.489 e. The van der Waals surface area contributed by atoms with Gasteiger partial charge in [0.25, 0.3) is 5.69 Å². The smallest absolute Gasteiger partial charge is 0.269 e. The van der Waals surface area contributed by atoms with E-state index in [4.69, 9.17) is 16.3 Å². The molecule has 0 fully saturated rings. The topological polar surface area (TPSA) is 64.4 Å². The Kier molecular flexibility index (Phi) is 5.71. The average molecular weight is 369 g/mol. The van der Waals surface area contributed by atoms with Gasteiger partial charge in [-0.05, 0) is 47.5 Å². The third-order valence-corrected chi connectivity index (χ3v) is 4.16. The molecule has 6 heteroatoms. The third kappa shape index (κ3) is 4.74. The summed E-state index contributed by atoms with van der Waals surface area (Å²) in [5, 5.41) is 14.6. The van der Waals surface area contributed by atoms with Gasteiger partial charge in [-0.1, -0.05) is 35.9 Å². The number of nitrogens with zero attached hydrogens (tertiary/aromatic N) is 1. The maximum Gasteiger partial charge on any atom is 0.269 e. The quantitative estimate of drug-likeness (QED) is 0.445. The van der Waals surface area contributed by atoms with Crippen molar-refractivity contribution in [1.82, 2.24) is 0 Å². The van der Waals surface area contributed by atoms with Crippen LogP contribution in [0.3, 0.4) is 0 Å². The lowest BCUT2D eigenvalue weighted by atomic mass is 10.2. The Morgan fingerprint density at radius 1 is 0.923 bits per heavy atom. The molecular weight excluding hydrogens is 352 g/mol. The van der Waals surface area contributed by atoms with Gasteiger partial charge in [-0.2, -0.15) is 0 Å². The van der Waals surface area contributed by atoms with Crippen molar-refractivity contribution >= 4 is 23.0 Å². The Bertz CT molecular complexity index is 880. The Labute approximate surface area is 156 Å². The highest BCUT2D eigenvalue weighted by molar-refractivity contribution is 6.33. The fraction of sp³-hybridized carbons (Fsp3) is 0.100. The number of hydrogen-bond acceptors (Lipinski definition) is 4. The van der Waals surface area contributed by atoms with Gasteiger partial charge in [-0.25, -0.2) is 0 Å². The number of para-hydroxylation sites is 1. The zero-order valence-corrected chi connectivity index (χ0v) is 14.6. The lowest BCUT2D eigenvalue weighted by Gasteiger charge is -2.10. The second-order valence-corrected chi connectivity index (χ2v) is 6.10. The number of anilines is 1. The highest BCUT2D eigenvalue weighted by Crippen LogP contribution is 2.22. The normalized spacial score (nSPS) is 10.3. The van der Waals surface area contributed by atoms with Crippen molar-refractivity contribution in [3.8, 4) is 5.75 Å². The zero-order chi connectivity index (χ0) is 18.4. The van der Waals surface area contributed by atoms with Gasteiger partial charge in [-0.15, -0.1) is 0 Å². The van der Waals surface area contributed by atoms with Gasteiger partial charge in [0.05, 0.1) is 15.6 Å². The monoisotopic (exact) mass is 368 g/mol. The van der Waals surface area contributed by atoms with E-state index >= 15 is 0 Å². The van der Waals surface area contributed by atoms with Gasteiger partial charge in [0, 0.05) is 18.7 Å². The Morgan fingerprint density at radius 2 is 1.58 bits per heavy atom. The third-order valence-electron chi connectivity index (χ3n) is 3.83. The van der Waals surface area contributed by atoms with Crippen molar-refractivity contribution in [3.63, 3.8) is 0 Å². The number of non-ortho nitro benzene ring substituents is 1. The fourth-order valence-electron chi connectivity index (χ4n) is 2.39. The van der Waals surface area contributed by atoms with Crippen LogP contribution in [0.25, 0.3) is 0 Å². The van der Waals surface area contributed by atoms with E-state index in [-0.39, 0.29) is 5.69 Å². The molecule has 0 heterocycles. The molecule has 0 aromatic heterocycles. The van der Waals surface area contributed by atoms with Crippen LogP contribution in [0.2, 0.25) is 5.02 Å². The molecule has 0 amide bonds. The summed E-state index contributed by atoms with van der Waals surface area (Å²) in [4.78, 5) is 10.2. The highest BCUT2D eigenvalue weighted by Gasteiger charge is 2.04. The molecule has 0 spiro atoms. The Hall–Kier alpha value is -3.05. The van der Waals surface area contributed by atoms with Crippen LogP contribution in [0, 0.1) is 10.1 Å². The predicted octanol–water partition coefficient (Wildman–Crippen LogP) is 5.44. The summed E-state index contributed by atoms with van der Waals surface area (Å²) >= 11 is 6.12. The van der Waals surface area contributed by atoms with Gasteiger partial charge in [0.2, 0.25) is 0 Å². The molecule has 0 aliphatic rings. The van der Waals surface area contributed by atoms with E-state index in [9.17, 15) is 10.1 Å². The molecule has 1 N–H and O–H groups in total. The molecule has 0 saturated carbocycles. The Balaban J connectivity index is 1.52. The van der Waals surface area contributed by atoms with Crippen LogP contribution in [0.4, 0.5) is 11.4 Å². The summed E-state index contributed by atoms with van der Waals surface area (Å²) in [5.74, 6) is 0.741. The summed E-state index contributed by atoms with van der Waals surface area (Å²) in [6.45, 7) is 1.02. The van der Waals surface area contributed by atoms with Crippen molar-refractivity contribution in [2.24, 2.45) is 0 Å². The first-order chi connectivity index (χ1) is 12.6. The van der Waals surface area contributed by atoms with Crippen LogP contribution >= 0.6 is 11.6 Å². The molecule has 0 bridgehead atoms. The van der Waals surface area contributed by atoms with Crippen molar-refractivity contribution < 1.29 is 9.66 Å². The van der Waals surface area contributed by atoms with Crippen LogP contribution < -0.4 is 10.1 Å². The lowest BCUT2D eigenvalue weighted by Crippen LogP contribution is -2.00. The van der Waals surface area contributed by atoms with Crippen LogP contribution in [0.5, 0.6) is 5.75 Å². The number of benzene rings is 3. The van der Waals surface area contributed by atoms with Crippen LogP contribution in [0.15, 0.2) is 72.8 Å². The molecule has 3 rings (SSSR count). The van der Waals surface area contributed by atoms with E-state index < -0.39 is 4.92 Å². The number of nitro groups is 1. The first-order valence-corrected chi connectivity index (χ1v) is 8.43. The zero-order valence-electron chi connectivity index (χ0n) is 13.9. The van der Waals surface area contributed by atoms with Gasteiger partial charge in [0.15, 0.2) is 0 Å². The van der Waals surface area contributed by atoms with Gasteiger partial charge in [-0.3, -0.25) is 10.1 Å². The maximum atomic E-state index is 10.6. The van der Waals surface area contributed by atoms with E-state index in [2.05, 4.69) is 5.32 Å². The van der Waals surface area contributed by atoms with Gasteiger partial charge in [0.1, 0.15) is 12.4 Å². The molecule has 26 heavy (non-hydrogen) atoms. The van der Waals surface area contributed by atoms with Gasteiger partial charge >= 0.3 is 0 Å². The predicted molar refractivity (Wildman–Crippen MR) is 103 cm³/mol. The molecule has 3 aromatic carbocycles. The maximum absolute atomic E-state index is 10.6. The second-order valence-electron chi connectivity index (χ2n) is 5.69. The summed E-state index contributed by atoms with van der Waals surface area (Å²) in [5.41, 5.74) is 2.95. The number of hydrogen-bond donors (Lipinski definition) is 1. The standard InChI is InChI=1S/C20H17ClN2O3/c21-19-3-1-2-4-20(19)22-13-15-7-11-18(12-8-15)26-14-16-5-9-17(10-6-16)23(24)25/h1-12,22H,13-14H2. The van der Waals surface area contributed by atoms with Crippen molar-refractivity contribution in [3.05, 3.63) is 99.1 Å². The highest BCUT2D eigenvalue weighted by atomic mass is 35.5. The van der Waals surface area contributed by atoms with E-state index in [0.29, 0.717) is 18.2 Å². The minimum absolute atomic E-state index is 0.0733. The molecule has 0 saturated heterocycles. The lowest BCUT2D eigenvalue weighted by molar-refractivity contribution is -0.384. The van der Waals surface area contributed by atoms with Crippen molar-refractivity contribution in [1.29, 1.82) is 0 Å². The number of halogens is 1. The fourth-order valence-corrected chi connectivity index (χ4v) is 2.59. The molecule has 0 unspecified atom stereocenters. The number of rotatable bonds is 7. The van der Waals surface area contributed by atoms with E-state index in [1.54, 1.807) is 12.1 Å². The van der Waals surface area contributed by atoms with Crippen molar-refractivity contribution in [2.75, 3.05) is 5.32 Å². The van der Waals surface area contributed by atoms with E-state index in [1.165, 1.54) is 12.1 Å². The van der Waals surface area contributed by atoms with E-state index in [0.717, 1.165) is 22.6 Å². The average Bonchev–Trinajstić information content (AvgIpc) is 2.67. The van der Waals surface area contributed by atoms with Gasteiger partial charge < -0.3 is 10.1 Å². The summed E-state index contributed by atoms with van der Waals surface area (Å²) < 4.78 is 5.72. The second kappa shape index (κ2) is 8.36. The molecule has 0 radical (unpaired) electrons. The number of nitrogens with one attached hydrogen (secondary N) is 1. The number of ether oxygens (including phenoxy) is 1. The molecule has 0 aliphatic heterocycles. The van der Waals surface area contributed by atoms with E-state index in [1.807, 2.05) is 48.5 Å². The molecule has 132 valence electrons. The van der Waals surface area contributed by atoms with Crippen LogP contribution in [-0.4, -0.2) is 4.92 Å². The first-order valence-electron chi connectivity index (χ1n) is 8.05. The minimum atomic E-state index is -0.417. The SMILES string of the molecule is O=[N+]([O-])c1ccc(COc2ccc(CNc3ccccc3Cl)cc2)cc1. The van der Waals surface area contributed by atoms with Crippen LogP contribution in [-0.2, 0) is 13.2 Å². The molecule has 3 aromatic rings. The molecule has 0 atom stereocenters. The summed E-state index contributed by atoms with van der Waals surface area (Å²) in [6, 6.07) is 21.7. The minimum Gasteiger partial charge on any atom is -0.489 e. The van der Waals surface area contributed by atoms with Crippen molar-refractivity contribution in [2.45, 2.75) is 13.2 Å². The summed E-state index contributed by atoms with van der Waals surface area (Å²) in [6.07, 6.45) is 0. The van der Waals surface area contributed by atoms with Crippen LogP contribution in [0.1, 0.15) is 11.1 Å². The molecule has 0 aliphatic carbocycles. The summed E-state index contributed by atoms with van der Waals surface area (Å²) in [7, 11) is 0. The number of nitro benzene ring substituents is 1. The molecule has 5 nitrogen and oxygen atoms in total. The Morgan fingerprint density at radius 3 is 2.23 bits per heavy atom. The first kappa shape index (κ1) is 17.8. The molecular formula is C20H17ClN2O3.